The van der Waals surface area contributed by atoms with Crippen LogP contribution in [0.15, 0.2) is 24.7 Å². The molecule has 0 unspecified atom stereocenters. The molecule has 4 aromatic rings. The van der Waals surface area contributed by atoms with Gasteiger partial charge < -0.3 is 14.9 Å². The van der Waals surface area contributed by atoms with Crippen LogP contribution in [0, 0.1) is 0 Å². The fraction of sp³-hybridized carbons (Fsp3) is 0.429. The number of aromatic nitrogens is 5. The van der Waals surface area contributed by atoms with Crippen molar-refractivity contribution in [3.8, 4) is 27.6 Å². The van der Waals surface area contributed by atoms with Gasteiger partial charge in [-0.05, 0) is 31.7 Å². The summed E-state index contributed by atoms with van der Waals surface area (Å²) >= 11 is 3.10. The Morgan fingerprint density at radius 2 is 1.87 bits per heavy atom. The fourth-order valence-electron chi connectivity index (χ4n) is 4.30. The third-order valence-corrected chi connectivity index (χ3v) is 8.40. The maximum Gasteiger partial charge on any atom is 0.188 e. The summed E-state index contributed by atoms with van der Waals surface area (Å²) in [6, 6.07) is 3.09. The smallest absolute Gasteiger partial charge is 0.188 e. The number of likely N-dealkylation sites (tertiary alicyclic amines) is 1. The predicted octanol–water partition coefficient (Wildman–Crippen LogP) is 3.97. The molecule has 0 atom stereocenters. The minimum Gasteiger partial charge on any atom is -0.506 e. The molecule has 31 heavy (non-hydrogen) atoms. The normalized spacial score (nSPS) is 18.1. The fourth-order valence-corrected chi connectivity index (χ4v) is 6.38. The summed E-state index contributed by atoms with van der Waals surface area (Å²) in [5.74, 6) is 0.111. The number of piperidine rings is 1. The first-order valence-corrected chi connectivity index (χ1v) is 12.2. The van der Waals surface area contributed by atoms with E-state index < -0.39 is 0 Å². The lowest BCUT2D eigenvalue weighted by Crippen LogP contribution is -2.44. The second-order valence-corrected chi connectivity index (χ2v) is 10.2. The van der Waals surface area contributed by atoms with Gasteiger partial charge in [0.15, 0.2) is 14.8 Å². The molecule has 1 saturated carbocycles. The molecule has 0 radical (unpaired) electrons. The summed E-state index contributed by atoms with van der Waals surface area (Å²) in [5, 5.41) is 19.0. The minimum atomic E-state index is 0.111. The number of thiazole rings is 2. The van der Waals surface area contributed by atoms with Crippen molar-refractivity contribution in [1.29, 1.82) is 0 Å². The lowest BCUT2D eigenvalue weighted by molar-refractivity contribution is 0.202. The lowest BCUT2D eigenvalue weighted by Gasteiger charge is -2.36. The average molecular weight is 454 g/mol. The van der Waals surface area contributed by atoms with Crippen LogP contribution in [-0.4, -0.2) is 67.4 Å². The van der Waals surface area contributed by atoms with Gasteiger partial charge in [0, 0.05) is 55.7 Å². The molecule has 10 heteroatoms. The number of nitrogens with one attached hydrogen (secondary N) is 1. The van der Waals surface area contributed by atoms with Crippen LogP contribution in [-0.2, 0) is 0 Å². The van der Waals surface area contributed by atoms with Gasteiger partial charge in [-0.3, -0.25) is 5.10 Å². The van der Waals surface area contributed by atoms with Crippen molar-refractivity contribution in [3.05, 3.63) is 24.7 Å². The quantitative estimate of drug-likeness (QED) is 0.472. The standard InChI is InChI=1S/C21H23N7OS2/c1-27(14-4-6-28(7-5-14)15-2-3-15)21-26-20-19(31-21)25-18(30-20)17-16(29)8-12(9-22-17)13-10-23-24-11-13/h8-11,14-15,29H,2-7H2,1H3,(H,23,24). The Labute approximate surface area is 187 Å². The lowest BCUT2D eigenvalue weighted by atomic mass is 10.0. The van der Waals surface area contributed by atoms with Crippen molar-refractivity contribution < 1.29 is 5.11 Å². The van der Waals surface area contributed by atoms with Gasteiger partial charge in [0.2, 0.25) is 0 Å². The molecule has 160 valence electrons. The van der Waals surface area contributed by atoms with E-state index in [0.29, 0.717) is 16.7 Å². The zero-order chi connectivity index (χ0) is 20.9. The van der Waals surface area contributed by atoms with E-state index in [9.17, 15) is 5.11 Å². The number of anilines is 1. The molecule has 2 N–H and O–H groups in total. The Bertz CT molecular complexity index is 1170. The largest absolute Gasteiger partial charge is 0.506 e. The van der Waals surface area contributed by atoms with Crippen LogP contribution in [0.1, 0.15) is 25.7 Å². The number of fused-ring (bicyclic) bond motifs is 1. The Morgan fingerprint density at radius 3 is 2.55 bits per heavy atom. The van der Waals surface area contributed by atoms with Gasteiger partial charge in [-0.2, -0.15) is 5.10 Å². The molecule has 0 aromatic carbocycles. The zero-order valence-corrected chi connectivity index (χ0v) is 18.8. The number of aromatic hydroxyl groups is 1. The number of rotatable bonds is 5. The second kappa shape index (κ2) is 7.54. The third kappa shape index (κ3) is 3.58. The van der Waals surface area contributed by atoms with Crippen LogP contribution in [0.25, 0.3) is 31.5 Å². The minimum absolute atomic E-state index is 0.111. The van der Waals surface area contributed by atoms with Crippen molar-refractivity contribution in [2.24, 2.45) is 0 Å². The van der Waals surface area contributed by atoms with E-state index in [4.69, 9.17) is 9.97 Å². The molecule has 1 saturated heterocycles. The van der Waals surface area contributed by atoms with Crippen molar-refractivity contribution in [1.82, 2.24) is 30.0 Å². The van der Waals surface area contributed by atoms with Crippen molar-refractivity contribution in [2.75, 3.05) is 25.0 Å². The monoisotopic (exact) mass is 453 g/mol. The van der Waals surface area contributed by atoms with Crippen LogP contribution < -0.4 is 4.90 Å². The van der Waals surface area contributed by atoms with E-state index in [0.717, 1.165) is 32.0 Å². The van der Waals surface area contributed by atoms with E-state index in [1.807, 2.05) is 0 Å². The topological polar surface area (TPSA) is 94.1 Å². The zero-order valence-electron chi connectivity index (χ0n) is 17.2. The number of H-pyrrole nitrogens is 1. The molecule has 0 spiro atoms. The highest BCUT2D eigenvalue weighted by Gasteiger charge is 2.33. The van der Waals surface area contributed by atoms with Gasteiger partial charge in [-0.1, -0.05) is 22.7 Å². The molecular weight excluding hydrogens is 430 g/mol. The van der Waals surface area contributed by atoms with E-state index in [1.54, 1.807) is 36.0 Å². The third-order valence-electron chi connectivity index (χ3n) is 6.28. The number of aromatic amines is 1. The summed E-state index contributed by atoms with van der Waals surface area (Å²) in [6.45, 7) is 2.39. The summed E-state index contributed by atoms with van der Waals surface area (Å²) in [4.78, 5) is 20.8. The van der Waals surface area contributed by atoms with Crippen LogP contribution in [0.4, 0.5) is 5.13 Å². The highest BCUT2D eigenvalue weighted by Crippen LogP contribution is 2.40. The maximum atomic E-state index is 10.5. The summed E-state index contributed by atoms with van der Waals surface area (Å²) in [6.07, 6.45) is 10.4. The molecule has 5 heterocycles. The van der Waals surface area contributed by atoms with Crippen molar-refractivity contribution >= 4 is 37.5 Å². The Hall–Kier alpha value is -2.56. The van der Waals surface area contributed by atoms with E-state index in [2.05, 4.69) is 32.0 Å². The Morgan fingerprint density at radius 1 is 1.06 bits per heavy atom. The summed E-state index contributed by atoms with van der Waals surface area (Å²) in [5.41, 5.74) is 2.18. The van der Waals surface area contributed by atoms with Crippen molar-refractivity contribution in [3.63, 3.8) is 0 Å². The molecule has 6 rings (SSSR count). The molecule has 8 nitrogen and oxygen atoms in total. The highest BCUT2D eigenvalue weighted by molar-refractivity contribution is 7.29. The van der Waals surface area contributed by atoms with Crippen LogP contribution in [0.2, 0.25) is 0 Å². The average Bonchev–Trinajstić information content (AvgIpc) is 3.16. The van der Waals surface area contributed by atoms with E-state index in [1.165, 1.54) is 50.1 Å². The first-order valence-electron chi connectivity index (χ1n) is 10.6. The number of hydrogen-bond acceptors (Lipinski definition) is 9. The molecule has 4 aromatic heterocycles. The van der Waals surface area contributed by atoms with Gasteiger partial charge in [0.1, 0.15) is 16.5 Å². The highest BCUT2D eigenvalue weighted by atomic mass is 32.1. The van der Waals surface area contributed by atoms with Gasteiger partial charge >= 0.3 is 0 Å². The molecule has 2 fully saturated rings. The summed E-state index contributed by atoms with van der Waals surface area (Å²) in [7, 11) is 2.16. The first-order chi connectivity index (χ1) is 15.2. The number of nitrogens with zero attached hydrogens (tertiary/aromatic N) is 6. The SMILES string of the molecule is CN(c1nc2sc(-c3ncc(-c4cn[nH]c4)cc3O)nc2s1)C1CCN(C2CC2)CC1. The molecule has 2 aliphatic rings. The molecular formula is C21H23N7OS2. The first kappa shape index (κ1) is 19.1. The van der Waals surface area contributed by atoms with E-state index >= 15 is 0 Å². The van der Waals surface area contributed by atoms with Crippen LogP contribution in [0.5, 0.6) is 5.75 Å². The second-order valence-electron chi connectivity index (χ2n) is 8.31. The molecule has 1 aliphatic heterocycles. The van der Waals surface area contributed by atoms with Gasteiger partial charge in [0.25, 0.3) is 0 Å². The van der Waals surface area contributed by atoms with Crippen molar-refractivity contribution in [2.45, 2.75) is 37.8 Å². The molecule has 0 bridgehead atoms. The molecule has 0 amide bonds. The Balaban J connectivity index is 1.20. The van der Waals surface area contributed by atoms with Crippen LogP contribution in [0.3, 0.4) is 0 Å². The maximum absolute atomic E-state index is 10.5. The Kier molecular flexibility index (Phi) is 4.66. The number of hydrogen-bond donors (Lipinski definition) is 2. The van der Waals surface area contributed by atoms with Gasteiger partial charge in [0.05, 0.1) is 6.20 Å². The number of pyridine rings is 1. The van der Waals surface area contributed by atoms with Gasteiger partial charge in [-0.15, -0.1) is 0 Å². The van der Waals surface area contributed by atoms with E-state index in [-0.39, 0.29) is 5.75 Å². The van der Waals surface area contributed by atoms with Gasteiger partial charge in [-0.25, -0.2) is 15.0 Å². The molecule has 1 aliphatic carbocycles. The predicted molar refractivity (Wildman–Crippen MR) is 124 cm³/mol. The van der Waals surface area contributed by atoms with Crippen LogP contribution >= 0.6 is 22.7 Å². The summed E-state index contributed by atoms with van der Waals surface area (Å²) < 4.78 is 0.